The van der Waals surface area contributed by atoms with Crippen molar-refractivity contribution in [3.63, 3.8) is 0 Å². The van der Waals surface area contributed by atoms with E-state index < -0.39 is 11.0 Å². The topological polar surface area (TPSA) is 95.6 Å². The number of non-ortho nitro benzene ring substituents is 1. The van der Waals surface area contributed by atoms with Crippen molar-refractivity contribution in [1.29, 1.82) is 0 Å². The first-order valence-corrected chi connectivity index (χ1v) is 6.93. The van der Waals surface area contributed by atoms with Gasteiger partial charge in [0.05, 0.1) is 27.8 Å². The molecule has 0 spiro atoms. The molecular formula is C15H15ClN2O4. The van der Waals surface area contributed by atoms with Crippen LogP contribution in [0, 0.1) is 10.1 Å². The number of benzene rings is 2. The Morgan fingerprint density at radius 3 is 2.41 bits per heavy atom. The molecule has 0 amide bonds. The van der Waals surface area contributed by atoms with Crippen LogP contribution in [0.3, 0.4) is 0 Å². The van der Waals surface area contributed by atoms with E-state index in [4.69, 9.17) is 11.6 Å². The number of nitrogens with one attached hydrogen (secondary N) is 1. The van der Waals surface area contributed by atoms with Crippen LogP contribution in [-0.4, -0.2) is 21.2 Å². The molecule has 6 nitrogen and oxygen atoms in total. The highest BCUT2D eigenvalue weighted by atomic mass is 35.5. The largest absolute Gasteiger partial charge is 0.508 e. The molecule has 0 aromatic heterocycles. The summed E-state index contributed by atoms with van der Waals surface area (Å²) in [5, 5.41) is 33.4. The summed E-state index contributed by atoms with van der Waals surface area (Å²) >= 11 is 6.01. The lowest BCUT2D eigenvalue weighted by atomic mass is 10.0. The summed E-state index contributed by atoms with van der Waals surface area (Å²) in [4.78, 5) is 10.2. The Hall–Kier alpha value is -2.31. The van der Waals surface area contributed by atoms with Gasteiger partial charge in [-0.25, -0.2) is 0 Å². The van der Waals surface area contributed by atoms with E-state index in [9.17, 15) is 20.3 Å². The van der Waals surface area contributed by atoms with Crippen molar-refractivity contribution < 1.29 is 15.1 Å². The molecule has 0 bridgehead atoms. The Balaban J connectivity index is 2.12. The van der Waals surface area contributed by atoms with Gasteiger partial charge in [-0.15, -0.1) is 0 Å². The molecule has 0 aliphatic heterocycles. The highest BCUT2D eigenvalue weighted by molar-refractivity contribution is 6.33. The maximum atomic E-state index is 10.7. The van der Waals surface area contributed by atoms with Crippen molar-refractivity contribution in [3.8, 4) is 5.75 Å². The van der Waals surface area contributed by atoms with Crippen LogP contribution in [0.2, 0.25) is 5.02 Å². The summed E-state index contributed by atoms with van der Waals surface area (Å²) in [7, 11) is 0. The number of phenolic OH excluding ortho intramolecular Hbond substituents is 1. The summed E-state index contributed by atoms with van der Waals surface area (Å²) in [5.74, 6) is 0.120. The normalized spacial score (nSPS) is 13.4. The third-order valence-electron chi connectivity index (χ3n) is 3.25. The van der Waals surface area contributed by atoms with Gasteiger partial charge in [-0.3, -0.25) is 10.1 Å². The number of nitrogens with zero attached hydrogens (tertiary/aromatic N) is 1. The number of aliphatic hydroxyl groups is 1. The minimum Gasteiger partial charge on any atom is -0.508 e. The van der Waals surface area contributed by atoms with E-state index in [0.29, 0.717) is 11.3 Å². The van der Waals surface area contributed by atoms with Crippen LogP contribution in [0.15, 0.2) is 42.5 Å². The highest BCUT2D eigenvalue weighted by Crippen LogP contribution is 2.29. The molecule has 2 rings (SSSR count). The van der Waals surface area contributed by atoms with E-state index in [1.165, 1.54) is 30.3 Å². The Morgan fingerprint density at radius 2 is 1.86 bits per heavy atom. The summed E-state index contributed by atoms with van der Waals surface area (Å²) in [6.07, 6.45) is -0.827. The summed E-state index contributed by atoms with van der Waals surface area (Å²) in [6.45, 7) is 1.76. The van der Waals surface area contributed by atoms with Crippen molar-refractivity contribution in [2.75, 3.05) is 5.32 Å². The van der Waals surface area contributed by atoms with E-state index in [2.05, 4.69) is 5.32 Å². The highest BCUT2D eigenvalue weighted by Gasteiger charge is 2.18. The molecule has 2 aromatic rings. The van der Waals surface area contributed by atoms with Crippen LogP contribution in [-0.2, 0) is 0 Å². The number of aromatic hydroxyl groups is 1. The zero-order chi connectivity index (χ0) is 16.3. The van der Waals surface area contributed by atoms with Crippen LogP contribution < -0.4 is 5.32 Å². The molecule has 22 heavy (non-hydrogen) atoms. The minimum absolute atomic E-state index is 0.0951. The smallest absolute Gasteiger partial charge is 0.271 e. The van der Waals surface area contributed by atoms with Crippen LogP contribution in [0.1, 0.15) is 18.6 Å². The van der Waals surface area contributed by atoms with Crippen molar-refractivity contribution in [2.45, 2.75) is 19.1 Å². The molecule has 0 fully saturated rings. The van der Waals surface area contributed by atoms with Crippen molar-refractivity contribution in [1.82, 2.24) is 0 Å². The first kappa shape index (κ1) is 16.1. The predicted molar refractivity (Wildman–Crippen MR) is 84.3 cm³/mol. The van der Waals surface area contributed by atoms with E-state index in [1.54, 1.807) is 19.1 Å². The lowest BCUT2D eigenvalue weighted by molar-refractivity contribution is -0.384. The lowest BCUT2D eigenvalue weighted by Crippen LogP contribution is -2.24. The monoisotopic (exact) mass is 322 g/mol. The zero-order valence-electron chi connectivity index (χ0n) is 11.7. The molecule has 2 aromatic carbocycles. The predicted octanol–water partition coefficient (Wildman–Crippen LogP) is 3.49. The molecule has 0 saturated heterocycles. The van der Waals surface area contributed by atoms with Gasteiger partial charge in [0.25, 0.3) is 5.69 Å². The van der Waals surface area contributed by atoms with Crippen molar-refractivity contribution in [2.24, 2.45) is 0 Å². The number of nitro benzene ring substituents is 1. The second-order valence-corrected chi connectivity index (χ2v) is 5.30. The number of rotatable bonds is 5. The first-order chi connectivity index (χ1) is 10.4. The summed E-state index contributed by atoms with van der Waals surface area (Å²) < 4.78 is 0. The average molecular weight is 323 g/mol. The molecule has 0 saturated carbocycles. The van der Waals surface area contributed by atoms with Crippen LogP contribution in [0.25, 0.3) is 0 Å². The molecule has 7 heteroatoms. The molecule has 0 aliphatic carbocycles. The number of anilines is 1. The Bertz CT molecular complexity index is 676. The molecular weight excluding hydrogens is 308 g/mol. The quantitative estimate of drug-likeness (QED) is 0.578. The summed E-state index contributed by atoms with van der Waals surface area (Å²) in [6, 6.07) is 9.93. The molecule has 3 N–H and O–H groups in total. The molecule has 0 heterocycles. The molecule has 2 atom stereocenters. The van der Waals surface area contributed by atoms with Gasteiger partial charge >= 0.3 is 0 Å². The Labute approximate surface area is 132 Å². The zero-order valence-corrected chi connectivity index (χ0v) is 12.5. The molecule has 116 valence electrons. The number of hydrogen-bond acceptors (Lipinski definition) is 5. The van der Waals surface area contributed by atoms with Gasteiger partial charge in [-0.2, -0.15) is 0 Å². The standard InChI is InChI=1S/C15H15ClN2O4/c1-9(15(20)10-2-5-12(19)6-3-10)17-14-7-4-11(18(21)22)8-13(14)16/h2-9,15,17,19-20H,1H3/t9-,15-/m1/s1. The van der Waals surface area contributed by atoms with Crippen molar-refractivity contribution in [3.05, 3.63) is 63.2 Å². The number of phenols is 1. The SMILES string of the molecule is C[C@@H](Nc1ccc([N+](=O)[O-])cc1Cl)[C@@H](O)c1ccc(O)cc1. The fourth-order valence-electron chi connectivity index (χ4n) is 2.02. The maximum absolute atomic E-state index is 10.7. The molecule has 0 unspecified atom stereocenters. The van der Waals surface area contributed by atoms with E-state index in [1.807, 2.05) is 0 Å². The summed E-state index contributed by atoms with van der Waals surface area (Å²) in [5.41, 5.74) is 1.04. The van der Waals surface area contributed by atoms with E-state index in [-0.39, 0.29) is 22.5 Å². The fraction of sp³-hybridized carbons (Fsp3) is 0.200. The van der Waals surface area contributed by atoms with Gasteiger partial charge < -0.3 is 15.5 Å². The van der Waals surface area contributed by atoms with Gasteiger partial charge in [0.2, 0.25) is 0 Å². The van der Waals surface area contributed by atoms with Crippen LogP contribution >= 0.6 is 11.6 Å². The third kappa shape index (κ3) is 3.66. The fourth-order valence-corrected chi connectivity index (χ4v) is 2.25. The van der Waals surface area contributed by atoms with Gasteiger partial charge in [-0.05, 0) is 30.7 Å². The Kier molecular flexibility index (Phi) is 4.85. The van der Waals surface area contributed by atoms with E-state index >= 15 is 0 Å². The van der Waals surface area contributed by atoms with Crippen molar-refractivity contribution >= 4 is 23.0 Å². The van der Waals surface area contributed by atoms with Crippen LogP contribution in [0.5, 0.6) is 5.75 Å². The molecule has 0 radical (unpaired) electrons. The van der Waals surface area contributed by atoms with Crippen LogP contribution in [0.4, 0.5) is 11.4 Å². The van der Waals surface area contributed by atoms with Gasteiger partial charge in [0, 0.05) is 12.1 Å². The number of nitro groups is 1. The Morgan fingerprint density at radius 1 is 1.23 bits per heavy atom. The molecule has 0 aliphatic rings. The average Bonchev–Trinajstić information content (AvgIpc) is 2.49. The third-order valence-corrected chi connectivity index (χ3v) is 3.57. The second-order valence-electron chi connectivity index (χ2n) is 4.89. The maximum Gasteiger partial charge on any atom is 0.271 e. The second kappa shape index (κ2) is 6.64. The number of hydrogen-bond donors (Lipinski definition) is 3. The minimum atomic E-state index is -0.827. The van der Waals surface area contributed by atoms with Gasteiger partial charge in [0.1, 0.15) is 5.75 Å². The lowest BCUT2D eigenvalue weighted by Gasteiger charge is -2.22. The van der Waals surface area contributed by atoms with Gasteiger partial charge in [-0.1, -0.05) is 23.7 Å². The van der Waals surface area contributed by atoms with E-state index in [0.717, 1.165) is 0 Å². The van der Waals surface area contributed by atoms with Gasteiger partial charge in [0.15, 0.2) is 0 Å². The number of halogens is 1. The first-order valence-electron chi connectivity index (χ1n) is 6.56. The number of aliphatic hydroxyl groups excluding tert-OH is 1.